The highest BCUT2D eigenvalue weighted by atomic mass is 16.5. The highest BCUT2D eigenvalue weighted by Crippen LogP contribution is 2.19. The summed E-state index contributed by atoms with van der Waals surface area (Å²) in [5.74, 6) is -0.934. The van der Waals surface area contributed by atoms with Gasteiger partial charge in [-0.15, -0.1) is 0 Å². The molecule has 7 nitrogen and oxygen atoms in total. The van der Waals surface area contributed by atoms with Gasteiger partial charge < -0.3 is 25.4 Å². The summed E-state index contributed by atoms with van der Waals surface area (Å²) < 4.78 is 5.31. The Balaban J connectivity index is 2.06. The first-order valence-corrected chi connectivity index (χ1v) is 7.50. The second-order valence-corrected chi connectivity index (χ2v) is 5.73. The summed E-state index contributed by atoms with van der Waals surface area (Å²) in [5, 5.41) is 14.3. The fraction of sp³-hybridized carbons (Fsp3) is 0.857. The molecule has 1 aliphatic heterocycles. The van der Waals surface area contributed by atoms with Crippen LogP contribution in [0.5, 0.6) is 0 Å². The van der Waals surface area contributed by atoms with Gasteiger partial charge in [0.25, 0.3) is 0 Å². The number of nitrogens with one attached hydrogen (secondary N) is 2. The normalized spacial score (nSPS) is 21.8. The van der Waals surface area contributed by atoms with E-state index >= 15 is 0 Å². The van der Waals surface area contributed by atoms with Crippen molar-refractivity contribution in [3.63, 3.8) is 0 Å². The number of carbonyl (C=O) groups excluding carboxylic acids is 1. The fourth-order valence-corrected chi connectivity index (χ4v) is 2.10. The summed E-state index contributed by atoms with van der Waals surface area (Å²) in [5.41, 5.74) is 0. The van der Waals surface area contributed by atoms with Crippen LogP contribution in [0.15, 0.2) is 0 Å². The molecule has 1 heterocycles. The van der Waals surface area contributed by atoms with Crippen LogP contribution in [0, 0.1) is 0 Å². The largest absolute Gasteiger partial charge is 0.479 e. The number of ether oxygens (including phenoxy) is 1. The van der Waals surface area contributed by atoms with Gasteiger partial charge in [-0.05, 0) is 46.7 Å². The van der Waals surface area contributed by atoms with E-state index in [4.69, 9.17) is 9.84 Å². The summed E-state index contributed by atoms with van der Waals surface area (Å²) in [6.07, 6.45) is 1.13. The van der Waals surface area contributed by atoms with Gasteiger partial charge in [0.05, 0.1) is 6.10 Å². The molecule has 122 valence electrons. The number of amides is 2. The van der Waals surface area contributed by atoms with Gasteiger partial charge in [0.2, 0.25) is 0 Å². The molecule has 2 atom stereocenters. The molecule has 0 bridgehead atoms. The van der Waals surface area contributed by atoms with Crippen molar-refractivity contribution >= 4 is 12.0 Å². The van der Waals surface area contributed by atoms with E-state index in [9.17, 15) is 9.59 Å². The summed E-state index contributed by atoms with van der Waals surface area (Å²) in [7, 11) is 2.06. The first kappa shape index (κ1) is 17.7. The molecule has 0 aromatic heterocycles. The smallest absolute Gasteiger partial charge is 0.332 e. The van der Waals surface area contributed by atoms with E-state index in [-0.39, 0.29) is 12.1 Å². The fourth-order valence-electron chi connectivity index (χ4n) is 2.10. The van der Waals surface area contributed by atoms with Crippen molar-refractivity contribution < 1.29 is 19.4 Å². The average molecular weight is 301 g/mol. The van der Waals surface area contributed by atoms with Crippen molar-refractivity contribution in [2.24, 2.45) is 0 Å². The van der Waals surface area contributed by atoms with Crippen LogP contribution in [0.3, 0.4) is 0 Å². The van der Waals surface area contributed by atoms with Crippen molar-refractivity contribution in [2.75, 3.05) is 26.7 Å². The van der Waals surface area contributed by atoms with Crippen LogP contribution in [0.4, 0.5) is 4.79 Å². The Labute approximate surface area is 126 Å². The number of carbonyl (C=O) groups is 2. The molecule has 0 spiro atoms. The molecule has 1 saturated heterocycles. The molecule has 2 unspecified atom stereocenters. The lowest BCUT2D eigenvalue weighted by atomic mass is 10.2. The minimum atomic E-state index is -0.934. The third-order valence-electron chi connectivity index (χ3n) is 3.73. The first-order valence-electron chi connectivity index (χ1n) is 7.50. The van der Waals surface area contributed by atoms with E-state index in [0.29, 0.717) is 32.0 Å². The van der Waals surface area contributed by atoms with Gasteiger partial charge in [-0.2, -0.15) is 0 Å². The average Bonchev–Trinajstić information content (AvgIpc) is 2.90. The third-order valence-corrected chi connectivity index (χ3v) is 3.73. The van der Waals surface area contributed by atoms with Crippen LogP contribution in [-0.4, -0.2) is 66.9 Å². The SMILES string of the molecule is CC(C)N(C)CCCNC(=O)NCC1CCC(C(=O)O)O1. The van der Waals surface area contributed by atoms with Crippen LogP contribution >= 0.6 is 0 Å². The molecule has 1 aliphatic rings. The van der Waals surface area contributed by atoms with E-state index in [1.54, 1.807) is 0 Å². The van der Waals surface area contributed by atoms with Crippen molar-refractivity contribution in [1.29, 1.82) is 0 Å². The molecule has 1 rings (SSSR count). The highest BCUT2D eigenvalue weighted by molar-refractivity contribution is 5.74. The van der Waals surface area contributed by atoms with Gasteiger partial charge >= 0.3 is 12.0 Å². The minimum Gasteiger partial charge on any atom is -0.479 e. The lowest BCUT2D eigenvalue weighted by Crippen LogP contribution is -2.41. The first-order chi connectivity index (χ1) is 9.90. The monoisotopic (exact) mass is 301 g/mol. The number of carboxylic acids is 1. The number of carboxylic acid groups (broad SMARTS) is 1. The Hall–Kier alpha value is -1.34. The Bertz CT molecular complexity index is 349. The molecule has 0 saturated carbocycles. The molecule has 0 aliphatic carbocycles. The summed E-state index contributed by atoms with van der Waals surface area (Å²) in [6, 6.07) is 0.269. The molecule has 0 aromatic carbocycles. The molecular weight excluding hydrogens is 274 g/mol. The molecule has 1 fully saturated rings. The van der Waals surface area contributed by atoms with Gasteiger partial charge in [-0.25, -0.2) is 9.59 Å². The maximum Gasteiger partial charge on any atom is 0.332 e. The third kappa shape index (κ3) is 6.77. The van der Waals surface area contributed by atoms with Crippen LogP contribution in [0.2, 0.25) is 0 Å². The maximum absolute atomic E-state index is 11.6. The van der Waals surface area contributed by atoms with Crippen LogP contribution < -0.4 is 10.6 Å². The number of aliphatic carboxylic acids is 1. The van der Waals surface area contributed by atoms with Gasteiger partial charge in [0.15, 0.2) is 6.10 Å². The Morgan fingerprint density at radius 2 is 2.05 bits per heavy atom. The lowest BCUT2D eigenvalue weighted by molar-refractivity contribution is -0.149. The van der Waals surface area contributed by atoms with Crippen molar-refractivity contribution in [1.82, 2.24) is 15.5 Å². The van der Waals surface area contributed by atoms with E-state index in [0.717, 1.165) is 13.0 Å². The van der Waals surface area contributed by atoms with Crippen molar-refractivity contribution in [3.05, 3.63) is 0 Å². The van der Waals surface area contributed by atoms with E-state index in [1.807, 2.05) is 0 Å². The second kappa shape index (κ2) is 8.84. The predicted molar refractivity (Wildman–Crippen MR) is 79.3 cm³/mol. The van der Waals surface area contributed by atoms with E-state index < -0.39 is 12.1 Å². The summed E-state index contributed by atoms with van der Waals surface area (Å²) in [4.78, 5) is 24.5. The number of hydrogen-bond donors (Lipinski definition) is 3. The molecule has 7 heteroatoms. The molecule has 0 radical (unpaired) electrons. The number of hydrogen-bond acceptors (Lipinski definition) is 4. The maximum atomic E-state index is 11.6. The zero-order valence-electron chi connectivity index (χ0n) is 13.1. The molecule has 21 heavy (non-hydrogen) atoms. The minimum absolute atomic E-state index is 0.205. The van der Waals surface area contributed by atoms with Gasteiger partial charge in [-0.1, -0.05) is 0 Å². The van der Waals surface area contributed by atoms with E-state index in [1.165, 1.54) is 0 Å². The van der Waals surface area contributed by atoms with Gasteiger partial charge in [0.1, 0.15) is 0 Å². The Kier molecular flexibility index (Phi) is 7.45. The lowest BCUT2D eigenvalue weighted by Gasteiger charge is -2.20. The van der Waals surface area contributed by atoms with E-state index in [2.05, 4.69) is 36.4 Å². The quantitative estimate of drug-likeness (QED) is 0.573. The number of rotatable bonds is 8. The van der Waals surface area contributed by atoms with Crippen LogP contribution in [-0.2, 0) is 9.53 Å². The zero-order valence-corrected chi connectivity index (χ0v) is 13.1. The van der Waals surface area contributed by atoms with Gasteiger partial charge in [0, 0.05) is 19.1 Å². The highest BCUT2D eigenvalue weighted by Gasteiger charge is 2.30. The number of nitrogens with zero attached hydrogens (tertiary/aromatic N) is 1. The number of urea groups is 1. The Morgan fingerprint density at radius 1 is 1.33 bits per heavy atom. The van der Waals surface area contributed by atoms with Crippen molar-refractivity contribution in [2.45, 2.75) is 51.4 Å². The molecular formula is C14H27N3O4. The summed E-state index contributed by atoms with van der Waals surface area (Å²) in [6.45, 7) is 6.16. The van der Waals surface area contributed by atoms with Crippen molar-refractivity contribution in [3.8, 4) is 0 Å². The van der Waals surface area contributed by atoms with Crippen LogP contribution in [0.1, 0.15) is 33.1 Å². The topological polar surface area (TPSA) is 90.9 Å². The molecule has 0 aromatic rings. The predicted octanol–water partition coefficient (Wildman–Crippen LogP) is 0.648. The van der Waals surface area contributed by atoms with Gasteiger partial charge in [-0.3, -0.25) is 0 Å². The molecule has 2 amide bonds. The van der Waals surface area contributed by atoms with Crippen LogP contribution in [0.25, 0.3) is 0 Å². The molecule has 3 N–H and O–H groups in total. The standard InChI is InChI=1S/C14H27N3O4/c1-10(2)17(3)8-4-7-15-14(20)16-9-11-5-6-12(21-11)13(18)19/h10-12H,4-9H2,1-3H3,(H,18,19)(H2,15,16,20). The Morgan fingerprint density at radius 3 is 2.62 bits per heavy atom. The second-order valence-electron chi connectivity index (χ2n) is 5.73. The zero-order chi connectivity index (χ0) is 15.8. The summed E-state index contributed by atoms with van der Waals surface area (Å²) >= 11 is 0.